The Morgan fingerprint density at radius 3 is 2.66 bits per heavy atom. The SMILES string of the molecule is CCN1c2ccc(/C=C3\C(=O)NC(=S)N(c4cccc(Br)c4)C3=O)cc2[C@@H](C)CC1(C)C. The van der Waals surface area contributed by atoms with E-state index >= 15 is 0 Å². The lowest BCUT2D eigenvalue weighted by Crippen LogP contribution is -2.54. The Balaban J connectivity index is 1.73. The van der Waals surface area contributed by atoms with Crippen LogP contribution >= 0.6 is 28.1 Å². The minimum Gasteiger partial charge on any atom is -0.366 e. The summed E-state index contributed by atoms with van der Waals surface area (Å²) in [6.45, 7) is 9.87. The Morgan fingerprint density at radius 1 is 1.22 bits per heavy atom. The van der Waals surface area contributed by atoms with Gasteiger partial charge in [0.15, 0.2) is 5.11 Å². The molecule has 2 aromatic carbocycles. The number of halogens is 1. The van der Waals surface area contributed by atoms with E-state index < -0.39 is 11.8 Å². The van der Waals surface area contributed by atoms with Crippen molar-refractivity contribution in [3.05, 3.63) is 63.6 Å². The van der Waals surface area contributed by atoms with Crippen molar-refractivity contribution in [2.24, 2.45) is 0 Å². The van der Waals surface area contributed by atoms with Crippen molar-refractivity contribution in [3.8, 4) is 0 Å². The molecule has 0 aromatic heterocycles. The summed E-state index contributed by atoms with van der Waals surface area (Å²) >= 11 is 8.71. The molecule has 0 radical (unpaired) electrons. The molecule has 0 saturated carbocycles. The van der Waals surface area contributed by atoms with E-state index in [9.17, 15) is 9.59 Å². The normalized spacial score (nSPS) is 21.6. The van der Waals surface area contributed by atoms with E-state index in [0.29, 0.717) is 11.6 Å². The lowest BCUT2D eigenvalue weighted by atomic mass is 9.79. The summed E-state index contributed by atoms with van der Waals surface area (Å²) < 4.78 is 0.820. The van der Waals surface area contributed by atoms with Gasteiger partial charge in [-0.1, -0.05) is 35.0 Å². The van der Waals surface area contributed by atoms with Crippen molar-refractivity contribution in [2.75, 3.05) is 16.3 Å². The summed E-state index contributed by atoms with van der Waals surface area (Å²) in [6, 6.07) is 13.4. The van der Waals surface area contributed by atoms with Crippen LogP contribution in [0.3, 0.4) is 0 Å². The number of rotatable bonds is 3. The summed E-state index contributed by atoms with van der Waals surface area (Å²) in [5.41, 5.74) is 4.03. The minimum atomic E-state index is -0.478. The van der Waals surface area contributed by atoms with E-state index in [2.05, 4.69) is 66.0 Å². The molecule has 1 N–H and O–H groups in total. The minimum absolute atomic E-state index is 0.0645. The molecule has 0 unspecified atom stereocenters. The number of carbonyl (C=O) groups excluding carboxylic acids is 2. The molecular weight excluding hydrogens is 486 g/mol. The molecule has 166 valence electrons. The van der Waals surface area contributed by atoms with Crippen molar-refractivity contribution in [1.82, 2.24) is 5.32 Å². The molecule has 2 amide bonds. The summed E-state index contributed by atoms with van der Waals surface area (Å²) in [5.74, 6) is -0.532. The fourth-order valence-electron chi connectivity index (χ4n) is 4.87. The van der Waals surface area contributed by atoms with Gasteiger partial charge in [-0.3, -0.25) is 19.8 Å². The predicted octanol–water partition coefficient (Wildman–Crippen LogP) is 5.39. The largest absolute Gasteiger partial charge is 0.366 e. The first-order chi connectivity index (χ1) is 15.1. The van der Waals surface area contributed by atoms with Crippen LogP contribution in [0.2, 0.25) is 0 Å². The van der Waals surface area contributed by atoms with Crippen LogP contribution in [0.25, 0.3) is 6.08 Å². The number of fused-ring (bicyclic) bond motifs is 1. The number of hydrogen-bond donors (Lipinski definition) is 1. The number of nitrogens with zero attached hydrogens (tertiary/aromatic N) is 2. The van der Waals surface area contributed by atoms with Gasteiger partial charge in [-0.15, -0.1) is 0 Å². The lowest BCUT2D eigenvalue weighted by molar-refractivity contribution is -0.122. The third-order valence-corrected chi connectivity index (χ3v) is 6.98. The zero-order valence-electron chi connectivity index (χ0n) is 18.6. The fourth-order valence-corrected chi connectivity index (χ4v) is 5.54. The molecule has 0 bridgehead atoms. The van der Waals surface area contributed by atoms with E-state index in [-0.39, 0.29) is 16.2 Å². The Hall–Kier alpha value is -2.51. The molecule has 1 atom stereocenters. The molecule has 2 aliphatic rings. The highest BCUT2D eigenvalue weighted by Gasteiger charge is 2.36. The van der Waals surface area contributed by atoms with Crippen LogP contribution in [0, 0.1) is 0 Å². The summed E-state index contributed by atoms with van der Waals surface area (Å²) in [5, 5.41) is 2.73. The molecule has 0 aliphatic carbocycles. The maximum absolute atomic E-state index is 13.3. The Bertz CT molecular complexity index is 1160. The van der Waals surface area contributed by atoms with Gasteiger partial charge in [0.2, 0.25) is 0 Å². The van der Waals surface area contributed by atoms with Gasteiger partial charge in [-0.2, -0.15) is 0 Å². The zero-order valence-corrected chi connectivity index (χ0v) is 21.0. The second-order valence-electron chi connectivity index (χ2n) is 8.92. The summed E-state index contributed by atoms with van der Waals surface area (Å²) in [4.78, 5) is 29.7. The highest BCUT2D eigenvalue weighted by atomic mass is 79.9. The maximum atomic E-state index is 13.3. The highest BCUT2D eigenvalue weighted by molar-refractivity contribution is 9.10. The fraction of sp³-hybridized carbons (Fsp3) is 0.320. The molecule has 2 aliphatic heterocycles. The van der Waals surface area contributed by atoms with Crippen LogP contribution < -0.4 is 15.1 Å². The van der Waals surface area contributed by atoms with Gasteiger partial charge >= 0.3 is 0 Å². The maximum Gasteiger partial charge on any atom is 0.270 e. The van der Waals surface area contributed by atoms with Crippen molar-refractivity contribution in [1.29, 1.82) is 0 Å². The molecule has 7 heteroatoms. The van der Waals surface area contributed by atoms with E-state index in [1.807, 2.05) is 18.2 Å². The first-order valence-electron chi connectivity index (χ1n) is 10.7. The van der Waals surface area contributed by atoms with Gasteiger partial charge in [0, 0.05) is 22.2 Å². The number of benzene rings is 2. The smallest absolute Gasteiger partial charge is 0.270 e. The third-order valence-electron chi connectivity index (χ3n) is 6.21. The number of hydrogen-bond acceptors (Lipinski definition) is 4. The van der Waals surface area contributed by atoms with Gasteiger partial charge in [0.25, 0.3) is 11.8 Å². The Labute approximate surface area is 202 Å². The third kappa shape index (κ3) is 3.99. The molecule has 4 rings (SSSR count). The second kappa shape index (κ2) is 8.45. The number of anilines is 2. The van der Waals surface area contributed by atoms with Crippen LogP contribution in [-0.4, -0.2) is 29.0 Å². The quantitative estimate of drug-likeness (QED) is 0.340. The van der Waals surface area contributed by atoms with Crippen molar-refractivity contribution in [3.63, 3.8) is 0 Å². The Kier molecular flexibility index (Phi) is 5.98. The Morgan fingerprint density at radius 2 is 1.97 bits per heavy atom. The van der Waals surface area contributed by atoms with E-state index in [1.54, 1.807) is 18.2 Å². The van der Waals surface area contributed by atoms with E-state index in [1.165, 1.54) is 16.2 Å². The summed E-state index contributed by atoms with van der Waals surface area (Å²) in [6.07, 6.45) is 2.70. The first kappa shape index (κ1) is 22.7. The number of carbonyl (C=O) groups is 2. The van der Waals surface area contributed by atoms with Crippen molar-refractivity contribution >= 4 is 62.5 Å². The van der Waals surface area contributed by atoms with Crippen LogP contribution in [0.15, 0.2) is 52.5 Å². The van der Waals surface area contributed by atoms with Crippen LogP contribution in [0.4, 0.5) is 11.4 Å². The summed E-state index contributed by atoms with van der Waals surface area (Å²) in [7, 11) is 0. The highest BCUT2D eigenvalue weighted by Crippen LogP contribution is 2.43. The molecule has 1 fully saturated rings. The van der Waals surface area contributed by atoms with E-state index in [4.69, 9.17) is 12.2 Å². The van der Waals surface area contributed by atoms with E-state index in [0.717, 1.165) is 23.0 Å². The van der Waals surface area contributed by atoms with Gasteiger partial charge in [0.05, 0.1) is 5.69 Å². The van der Waals surface area contributed by atoms with Gasteiger partial charge < -0.3 is 4.90 Å². The van der Waals surface area contributed by atoms with Gasteiger partial charge in [0.1, 0.15) is 5.57 Å². The zero-order chi connectivity index (χ0) is 23.2. The van der Waals surface area contributed by atoms with Crippen LogP contribution in [-0.2, 0) is 9.59 Å². The lowest BCUT2D eigenvalue weighted by Gasteiger charge is -2.47. The average molecular weight is 512 g/mol. The standard InChI is InChI=1S/C25H26BrN3O2S/c1-5-28-21-10-9-16(11-19(21)15(2)14-25(28,3)4)12-20-22(30)27-24(32)29(23(20)31)18-8-6-7-17(26)13-18/h6-13,15H,5,14H2,1-4H3,(H,27,30,32)/b20-12+/t15-/m0/s1. The van der Waals surface area contributed by atoms with Crippen molar-refractivity contribution in [2.45, 2.75) is 45.6 Å². The monoisotopic (exact) mass is 511 g/mol. The number of nitrogens with one attached hydrogen (secondary N) is 1. The molecule has 32 heavy (non-hydrogen) atoms. The molecular formula is C25H26BrN3O2S. The second-order valence-corrected chi connectivity index (χ2v) is 10.2. The number of thiocarbonyl (C=S) groups is 1. The molecule has 1 saturated heterocycles. The molecule has 0 spiro atoms. The molecule has 2 aromatic rings. The first-order valence-corrected chi connectivity index (χ1v) is 11.9. The molecule has 2 heterocycles. The topological polar surface area (TPSA) is 52.7 Å². The van der Waals surface area contributed by atoms with Crippen molar-refractivity contribution < 1.29 is 9.59 Å². The van der Waals surface area contributed by atoms with Crippen LogP contribution in [0.5, 0.6) is 0 Å². The molecule has 5 nitrogen and oxygen atoms in total. The van der Waals surface area contributed by atoms with Gasteiger partial charge in [-0.05, 0) is 92.9 Å². The van der Waals surface area contributed by atoms with Gasteiger partial charge in [-0.25, -0.2) is 0 Å². The number of amides is 2. The predicted molar refractivity (Wildman–Crippen MR) is 137 cm³/mol. The average Bonchev–Trinajstić information content (AvgIpc) is 2.71. The van der Waals surface area contributed by atoms with Crippen LogP contribution in [0.1, 0.15) is 51.2 Å².